The molecule has 0 unspecified atom stereocenters. The van der Waals surface area contributed by atoms with Crippen LogP contribution in [-0.2, 0) is 27.2 Å². The Balaban J connectivity index is 0. The van der Waals surface area contributed by atoms with Gasteiger partial charge in [0, 0.05) is 22.4 Å². The molecule has 0 aliphatic rings. The van der Waals surface area contributed by atoms with Crippen LogP contribution >= 0.6 is 11.6 Å². The Morgan fingerprint density at radius 1 is 1.83 bits per heavy atom. The van der Waals surface area contributed by atoms with Gasteiger partial charge in [0.15, 0.2) is 0 Å². The second-order valence-electron chi connectivity index (χ2n) is 0.527. The van der Waals surface area contributed by atoms with Crippen LogP contribution in [0.2, 0.25) is 0 Å². The van der Waals surface area contributed by atoms with Gasteiger partial charge in [0.25, 0.3) is 0 Å². The van der Waals surface area contributed by atoms with Crippen LogP contribution in [-0.4, -0.2) is 17.0 Å². The number of carboxylic acids is 1. The van der Waals surface area contributed by atoms with E-state index in [0.717, 1.165) is 0 Å². The summed E-state index contributed by atoms with van der Waals surface area (Å²) < 4.78 is 0. The van der Waals surface area contributed by atoms with Gasteiger partial charge in [0.1, 0.15) is 5.88 Å². The number of carbonyl (C=O) groups is 1. The molecule has 6 heavy (non-hydrogen) atoms. The van der Waals surface area contributed by atoms with Crippen LogP contribution in [0.25, 0.3) is 0 Å². The third-order valence-corrected chi connectivity index (χ3v) is 0.343. The van der Waals surface area contributed by atoms with Crippen molar-refractivity contribution in [2.45, 2.75) is 0 Å². The van der Waals surface area contributed by atoms with Gasteiger partial charge in [0.2, 0.25) is 0 Å². The van der Waals surface area contributed by atoms with Crippen LogP contribution in [0.4, 0.5) is 0 Å². The summed E-state index contributed by atoms with van der Waals surface area (Å²) in [6.07, 6.45) is 0. The Hall–Kier alpha value is 0.500. The second kappa shape index (κ2) is 5.50. The van der Waals surface area contributed by atoms with E-state index in [2.05, 4.69) is 0 Å². The van der Waals surface area contributed by atoms with Crippen molar-refractivity contribution in [3.8, 4) is 0 Å². The Kier molecular flexibility index (Phi) is 8.90. The smallest absolute Gasteiger partial charge is 0.318 e. The zero-order valence-electron chi connectivity index (χ0n) is 2.89. The summed E-state index contributed by atoms with van der Waals surface area (Å²) >= 11 is 4.74. The molecule has 0 atom stereocenters. The summed E-state index contributed by atoms with van der Waals surface area (Å²) in [4.78, 5) is 9.24. The topological polar surface area (TPSA) is 37.3 Å². The summed E-state index contributed by atoms with van der Waals surface area (Å²) in [6, 6.07) is 0. The molecule has 0 bridgehead atoms. The van der Waals surface area contributed by atoms with E-state index in [1.165, 1.54) is 0 Å². The largest absolute Gasteiger partial charge is 0.480 e. The van der Waals surface area contributed by atoms with Crippen molar-refractivity contribution >= 4 is 17.6 Å². The predicted molar refractivity (Wildman–Crippen MR) is 18.4 cm³/mol. The first-order valence-electron chi connectivity index (χ1n) is 1.05. The summed E-state index contributed by atoms with van der Waals surface area (Å²) in [5.41, 5.74) is 0. The van der Waals surface area contributed by atoms with Crippen LogP contribution in [0.5, 0.6) is 0 Å². The number of aliphatic carboxylic acids is 1. The molecule has 0 fully saturated rings. The van der Waals surface area contributed by atoms with Crippen LogP contribution in [0.3, 0.4) is 0 Å². The Bertz CT molecular complexity index is 46.8. The van der Waals surface area contributed by atoms with Gasteiger partial charge in [-0.15, -0.1) is 11.6 Å². The van der Waals surface area contributed by atoms with E-state index in [1.807, 2.05) is 0 Å². The SMILES string of the molecule is O=C(O)CCl.[Nb]. The molecule has 0 aromatic rings. The summed E-state index contributed by atoms with van der Waals surface area (Å²) in [5, 5.41) is 7.59. The fourth-order valence-electron chi connectivity index (χ4n) is 0. The second-order valence-corrected chi connectivity index (χ2v) is 0.795. The Morgan fingerprint density at radius 3 is 2.00 bits per heavy atom. The number of hydrogen-bond donors (Lipinski definition) is 1. The van der Waals surface area contributed by atoms with E-state index in [0.29, 0.717) is 0 Å². The van der Waals surface area contributed by atoms with Gasteiger partial charge in [-0.05, 0) is 0 Å². The van der Waals surface area contributed by atoms with E-state index in [4.69, 9.17) is 16.7 Å². The van der Waals surface area contributed by atoms with Gasteiger partial charge < -0.3 is 5.11 Å². The summed E-state index contributed by atoms with van der Waals surface area (Å²) in [6.45, 7) is 0. The van der Waals surface area contributed by atoms with Gasteiger partial charge in [-0.3, -0.25) is 4.79 Å². The van der Waals surface area contributed by atoms with Crippen molar-refractivity contribution in [1.82, 2.24) is 0 Å². The van der Waals surface area contributed by atoms with Crippen LogP contribution in [0, 0.1) is 0 Å². The van der Waals surface area contributed by atoms with Crippen molar-refractivity contribution < 1.29 is 32.3 Å². The molecular formula is C2H3ClNbO2. The first kappa shape index (κ1) is 9.71. The van der Waals surface area contributed by atoms with Crippen molar-refractivity contribution in [1.29, 1.82) is 0 Å². The van der Waals surface area contributed by atoms with E-state index < -0.39 is 5.97 Å². The molecule has 0 aliphatic carbocycles. The number of alkyl halides is 1. The quantitative estimate of drug-likeness (QED) is 0.474. The predicted octanol–water partition coefficient (Wildman–Crippen LogP) is 0.307. The molecule has 0 aromatic heterocycles. The van der Waals surface area contributed by atoms with Crippen molar-refractivity contribution in [3.05, 3.63) is 0 Å². The minimum Gasteiger partial charge on any atom is -0.480 e. The van der Waals surface area contributed by atoms with E-state index in [1.54, 1.807) is 0 Å². The maximum absolute atomic E-state index is 9.24. The number of halogens is 1. The van der Waals surface area contributed by atoms with Crippen LogP contribution < -0.4 is 0 Å². The zero-order valence-corrected chi connectivity index (χ0v) is 5.84. The minimum absolute atomic E-state index is 0. The zero-order chi connectivity index (χ0) is 4.28. The molecule has 0 saturated carbocycles. The molecular weight excluding hydrogens is 184 g/mol. The molecule has 35 valence electrons. The molecule has 0 saturated heterocycles. The van der Waals surface area contributed by atoms with Crippen molar-refractivity contribution in [3.63, 3.8) is 0 Å². The fourth-order valence-corrected chi connectivity index (χ4v) is 0. The fraction of sp³-hybridized carbons (Fsp3) is 0.500. The van der Waals surface area contributed by atoms with Crippen molar-refractivity contribution in [2.75, 3.05) is 5.88 Å². The molecule has 0 heterocycles. The third-order valence-electron chi connectivity index (χ3n) is 0.114. The number of rotatable bonds is 1. The van der Waals surface area contributed by atoms with Gasteiger partial charge in [-0.2, -0.15) is 0 Å². The minimum atomic E-state index is -0.980. The molecule has 1 radical (unpaired) electrons. The average Bonchev–Trinajstić information content (AvgIpc) is 1.38. The van der Waals surface area contributed by atoms with E-state index >= 15 is 0 Å². The normalized spacial score (nSPS) is 6.17. The van der Waals surface area contributed by atoms with Crippen LogP contribution in [0.15, 0.2) is 0 Å². The monoisotopic (exact) mass is 187 g/mol. The number of hydrogen-bond acceptors (Lipinski definition) is 1. The van der Waals surface area contributed by atoms with Gasteiger partial charge in [0.05, 0.1) is 0 Å². The van der Waals surface area contributed by atoms with Crippen molar-refractivity contribution in [2.24, 2.45) is 0 Å². The molecule has 0 aliphatic heterocycles. The Labute approximate surface area is 56.0 Å². The summed E-state index contributed by atoms with van der Waals surface area (Å²) in [5.74, 6) is -1.29. The summed E-state index contributed by atoms with van der Waals surface area (Å²) in [7, 11) is 0. The molecule has 0 rings (SSSR count). The Morgan fingerprint density at radius 2 is 2.00 bits per heavy atom. The molecule has 4 heteroatoms. The standard InChI is InChI=1S/C2H3ClO2.Nb/c3-1-2(4)5;/h1H2,(H,4,5);. The molecule has 0 spiro atoms. The first-order valence-corrected chi connectivity index (χ1v) is 1.58. The molecule has 1 N–H and O–H groups in total. The van der Waals surface area contributed by atoms with Gasteiger partial charge >= 0.3 is 5.97 Å². The molecule has 2 nitrogen and oxygen atoms in total. The van der Waals surface area contributed by atoms with E-state index in [-0.39, 0.29) is 28.3 Å². The maximum Gasteiger partial charge on any atom is 0.318 e. The first-order chi connectivity index (χ1) is 2.27. The average molecular weight is 187 g/mol. The molecule has 0 aromatic carbocycles. The third kappa shape index (κ3) is 8.82. The van der Waals surface area contributed by atoms with E-state index in [9.17, 15) is 4.79 Å². The van der Waals surface area contributed by atoms with Gasteiger partial charge in [-0.1, -0.05) is 0 Å². The van der Waals surface area contributed by atoms with Gasteiger partial charge in [-0.25, -0.2) is 0 Å². The van der Waals surface area contributed by atoms with Crippen LogP contribution in [0.1, 0.15) is 0 Å². The number of carboxylic acid groups (broad SMARTS) is 1. The maximum atomic E-state index is 9.24. The molecule has 0 amide bonds.